The maximum absolute atomic E-state index is 11.8. The number of esters is 1. The number of aromatic nitrogens is 2. The third-order valence-electron chi connectivity index (χ3n) is 3.93. The van der Waals surface area contributed by atoms with E-state index in [1.807, 2.05) is 52.9 Å². The van der Waals surface area contributed by atoms with E-state index < -0.39 is 0 Å². The van der Waals surface area contributed by atoms with E-state index >= 15 is 0 Å². The fourth-order valence-corrected chi connectivity index (χ4v) is 2.54. The van der Waals surface area contributed by atoms with Crippen molar-refractivity contribution in [2.24, 2.45) is 7.05 Å². The molecule has 0 atom stereocenters. The lowest BCUT2D eigenvalue weighted by atomic mass is 10.1. The van der Waals surface area contributed by atoms with Gasteiger partial charge in [0, 0.05) is 24.4 Å². The molecule has 2 rings (SSSR count). The van der Waals surface area contributed by atoms with Crippen molar-refractivity contribution in [3.63, 3.8) is 0 Å². The molecule has 1 aromatic carbocycles. The summed E-state index contributed by atoms with van der Waals surface area (Å²) in [4.78, 5) is 11.8. The normalized spacial score (nSPS) is 11.0. The van der Waals surface area contributed by atoms with E-state index in [0.717, 1.165) is 33.8 Å². The van der Waals surface area contributed by atoms with Crippen LogP contribution in [0.1, 0.15) is 28.1 Å². The van der Waals surface area contributed by atoms with E-state index in [0.29, 0.717) is 6.61 Å². The van der Waals surface area contributed by atoms with Gasteiger partial charge in [-0.1, -0.05) is 18.2 Å². The summed E-state index contributed by atoms with van der Waals surface area (Å²) in [5, 5.41) is 4.31. The highest BCUT2D eigenvalue weighted by molar-refractivity contribution is 5.87. The van der Waals surface area contributed by atoms with Gasteiger partial charge < -0.3 is 9.47 Å². The van der Waals surface area contributed by atoms with Gasteiger partial charge in [0.15, 0.2) is 0 Å². The Morgan fingerprint density at radius 1 is 1.17 bits per heavy atom. The van der Waals surface area contributed by atoms with Gasteiger partial charge in [-0.2, -0.15) is 5.10 Å². The molecule has 1 aromatic heterocycles. The number of ether oxygens (including phenoxy) is 2. The van der Waals surface area contributed by atoms with Crippen molar-refractivity contribution >= 4 is 12.0 Å². The van der Waals surface area contributed by atoms with Crippen LogP contribution < -0.4 is 4.74 Å². The molecule has 0 aliphatic carbocycles. The zero-order valence-electron chi connectivity index (χ0n) is 14.9. The van der Waals surface area contributed by atoms with Gasteiger partial charge in [0.1, 0.15) is 19.0 Å². The molecule has 0 saturated heterocycles. The molecule has 5 heteroatoms. The number of carbonyl (C=O) groups excluding carboxylic acids is 1. The van der Waals surface area contributed by atoms with Crippen LogP contribution in [0.5, 0.6) is 5.75 Å². The highest BCUT2D eigenvalue weighted by Gasteiger charge is 2.07. The van der Waals surface area contributed by atoms with Crippen LogP contribution in [0.4, 0.5) is 0 Å². The second-order valence-electron chi connectivity index (χ2n) is 5.78. The van der Waals surface area contributed by atoms with Crippen LogP contribution in [0.25, 0.3) is 6.08 Å². The Kier molecular flexibility index (Phi) is 5.79. The van der Waals surface area contributed by atoms with Crippen LogP contribution in [-0.4, -0.2) is 29.0 Å². The Morgan fingerprint density at radius 3 is 2.42 bits per heavy atom. The topological polar surface area (TPSA) is 53.4 Å². The predicted octanol–water partition coefficient (Wildman–Crippen LogP) is 3.29. The minimum absolute atomic E-state index is 0.210. The summed E-state index contributed by atoms with van der Waals surface area (Å²) in [6.45, 7) is 8.41. The molecule has 1 heterocycles. The highest BCUT2D eigenvalue weighted by atomic mass is 16.6. The first-order chi connectivity index (χ1) is 11.4. The summed E-state index contributed by atoms with van der Waals surface area (Å²) in [5.41, 5.74) is 4.99. The predicted molar refractivity (Wildman–Crippen MR) is 94.1 cm³/mol. The summed E-state index contributed by atoms with van der Waals surface area (Å²) in [6, 6.07) is 5.98. The molecule has 0 spiro atoms. The molecule has 0 unspecified atom stereocenters. The summed E-state index contributed by atoms with van der Waals surface area (Å²) in [7, 11) is 1.88. The zero-order chi connectivity index (χ0) is 17.7. The average Bonchev–Trinajstić information content (AvgIpc) is 2.77. The van der Waals surface area contributed by atoms with Gasteiger partial charge in [0.2, 0.25) is 0 Å². The second-order valence-corrected chi connectivity index (χ2v) is 5.78. The maximum Gasteiger partial charge on any atom is 0.330 e. The lowest BCUT2D eigenvalue weighted by molar-refractivity contribution is -0.138. The van der Waals surface area contributed by atoms with Crippen molar-refractivity contribution in [1.82, 2.24) is 9.78 Å². The standard InChI is InChI=1S/C19H24N2O3/c1-13-7-6-8-14(2)19(13)24-12-11-23-18(22)10-9-17-15(3)20-21(5)16(17)4/h6-10H,11-12H2,1-5H3/b10-9+. The van der Waals surface area contributed by atoms with Gasteiger partial charge in [0.25, 0.3) is 0 Å². The van der Waals surface area contributed by atoms with Crippen LogP contribution >= 0.6 is 0 Å². The lowest BCUT2D eigenvalue weighted by Crippen LogP contribution is -2.11. The fraction of sp³-hybridized carbons (Fsp3) is 0.368. The minimum Gasteiger partial charge on any atom is -0.489 e. The van der Waals surface area contributed by atoms with Crippen LogP contribution in [0.2, 0.25) is 0 Å². The molecular weight excluding hydrogens is 304 g/mol. The molecule has 0 aliphatic rings. The van der Waals surface area contributed by atoms with E-state index in [1.54, 1.807) is 10.8 Å². The molecule has 0 bridgehead atoms. The van der Waals surface area contributed by atoms with Gasteiger partial charge in [0.05, 0.1) is 5.69 Å². The number of rotatable bonds is 6. The number of hydrogen-bond acceptors (Lipinski definition) is 4. The van der Waals surface area contributed by atoms with Gasteiger partial charge in [-0.25, -0.2) is 4.79 Å². The lowest BCUT2D eigenvalue weighted by Gasteiger charge is -2.11. The van der Waals surface area contributed by atoms with Crippen LogP contribution in [0.3, 0.4) is 0 Å². The first kappa shape index (κ1) is 17.8. The quantitative estimate of drug-likeness (QED) is 0.464. The summed E-state index contributed by atoms with van der Waals surface area (Å²) >= 11 is 0. The molecule has 0 aliphatic heterocycles. The first-order valence-corrected chi connectivity index (χ1v) is 7.94. The number of hydrogen-bond donors (Lipinski definition) is 0. The van der Waals surface area contributed by atoms with Crippen LogP contribution in [0, 0.1) is 27.7 Å². The first-order valence-electron chi connectivity index (χ1n) is 7.94. The molecule has 128 valence electrons. The number of aryl methyl sites for hydroxylation is 4. The van der Waals surface area contributed by atoms with Gasteiger partial charge in [-0.3, -0.25) is 4.68 Å². The van der Waals surface area contributed by atoms with E-state index in [4.69, 9.17) is 9.47 Å². The molecule has 0 amide bonds. The van der Waals surface area contributed by atoms with Gasteiger partial charge in [-0.05, 0) is 44.9 Å². The van der Waals surface area contributed by atoms with Crippen molar-refractivity contribution < 1.29 is 14.3 Å². The number of nitrogens with zero attached hydrogens (tertiary/aromatic N) is 2. The van der Waals surface area contributed by atoms with E-state index in [-0.39, 0.29) is 12.6 Å². The molecule has 0 saturated carbocycles. The molecular formula is C19H24N2O3. The smallest absolute Gasteiger partial charge is 0.330 e. The Labute approximate surface area is 142 Å². The van der Waals surface area contributed by atoms with E-state index in [9.17, 15) is 4.79 Å². The van der Waals surface area contributed by atoms with E-state index in [2.05, 4.69) is 5.10 Å². The average molecular weight is 328 g/mol. The molecule has 24 heavy (non-hydrogen) atoms. The molecule has 2 aromatic rings. The Bertz CT molecular complexity index is 740. The van der Waals surface area contributed by atoms with E-state index in [1.165, 1.54) is 6.08 Å². The SMILES string of the molecule is Cc1cccc(C)c1OCCOC(=O)/C=C/c1c(C)nn(C)c1C. The van der Waals surface area contributed by atoms with Gasteiger partial charge >= 0.3 is 5.97 Å². The maximum atomic E-state index is 11.8. The van der Waals surface area contributed by atoms with Crippen molar-refractivity contribution in [3.8, 4) is 5.75 Å². The molecule has 5 nitrogen and oxygen atoms in total. The third kappa shape index (κ3) is 4.25. The molecule has 0 radical (unpaired) electrons. The largest absolute Gasteiger partial charge is 0.489 e. The minimum atomic E-state index is -0.386. The molecule has 0 N–H and O–H groups in total. The van der Waals surface area contributed by atoms with Crippen molar-refractivity contribution in [3.05, 3.63) is 52.4 Å². The summed E-state index contributed by atoms with van der Waals surface area (Å²) in [5.74, 6) is 0.466. The van der Waals surface area contributed by atoms with Crippen molar-refractivity contribution in [2.75, 3.05) is 13.2 Å². The second kappa shape index (κ2) is 7.81. The summed E-state index contributed by atoms with van der Waals surface area (Å²) in [6.07, 6.45) is 3.17. The van der Waals surface area contributed by atoms with Crippen LogP contribution in [0.15, 0.2) is 24.3 Å². The zero-order valence-corrected chi connectivity index (χ0v) is 14.9. The van der Waals surface area contributed by atoms with Crippen molar-refractivity contribution in [2.45, 2.75) is 27.7 Å². The Balaban J connectivity index is 1.82. The Hall–Kier alpha value is -2.56. The third-order valence-corrected chi connectivity index (χ3v) is 3.93. The monoisotopic (exact) mass is 328 g/mol. The van der Waals surface area contributed by atoms with Gasteiger partial charge in [-0.15, -0.1) is 0 Å². The summed E-state index contributed by atoms with van der Waals surface area (Å²) < 4.78 is 12.7. The number of para-hydroxylation sites is 1. The van der Waals surface area contributed by atoms with Crippen LogP contribution in [-0.2, 0) is 16.6 Å². The molecule has 0 fully saturated rings. The fourth-order valence-electron chi connectivity index (χ4n) is 2.54. The number of carbonyl (C=O) groups is 1. The Morgan fingerprint density at radius 2 is 1.83 bits per heavy atom. The van der Waals surface area contributed by atoms with Crippen molar-refractivity contribution in [1.29, 1.82) is 0 Å². The number of benzene rings is 1. The highest BCUT2D eigenvalue weighted by Crippen LogP contribution is 2.22.